The number of fused-ring (bicyclic) bond motifs is 1. The molecule has 0 bridgehead atoms. The molecule has 1 aliphatic heterocycles. The number of hydrogen-bond acceptors (Lipinski definition) is 5. The molecule has 0 fully saturated rings. The lowest BCUT2D eigenvalue weighted by atomic mass is 9.97. The Morgan fingerprint density at radius 3 is 2.55 bits per heavy atom. The highest BCUT2D eigenvalue weighted by molar-refractivity contribution is 7.53. The van der Waals surface area contributed by atoms with Gasteiger partial charge in [-0.15, -0.1) is 0 Å². The molecule has 2 rings (SSSR count). The lowest BCUT2D eigenvalue weighted by molar-refractivity contribution is 0.0840. The SMILES string of the molecule is CCOP(=O)(CC1COc2ccccc2C1=O)OCC. The van der Waals surface area contributed by atoms with Crippen LogP contribution in [-0.2, 0) is 13.6 Å². The van der Waals surface area contributed by atoms with Gasteiger partial charge < -0.3 is 13.8 Å². The fourth-order valence-corrected chi connectivity index (χ4v) is 4.11. The van der Waals surface area contributed by atoms with E-state index in [4.69, 9.17) is 13.8 Å². The highest BCUT2D eigenvalue weighted by atomic mass is 31.2. The van der Waals surface area contributed by atoms with E-state index in [0.717, 1.165) is 0 Å². The molecule has 0 saturated heterocycles. The standard InChI is InChI=1S/C14H19O5P/c1-3-18-20(16,19-4-2)10-11-9-17-13-8-6-5-7-12(13)14(11)15/h5-8,11H,3-4,9-10H2,1-2H3. The Hall–Kier alpha value is -1.16. The molecular formula is C14H19O5P. The molecular weight excluding hydrogens is 279 g/mol. The van der Waals surface area contributed by atoms with Crippen LogP contribution in [0.5, 0.6) is 5.75 Å². The maximum atomic E-state index is 12.5. The third-order valence-electron chi connectivity index (χ3n) is 3.06. The number of rotatable bonds is 6. The predicted octanol–water partition coefficient (Wildman–Crippen LogP) is 3.14. The van der Waals surface area contributed by atoms with Crippen molar-refractivity contribution in [3.8, 4) is 5.75 Å². The zero-order valence-electron chi connectivity index (χ0n) is 11.7. The van der Waals surface area contributed by atoms with Gasteiger partial charge in [0, 0.05) is 0 Å². The molecule has 0 N–H and O–H groups in total. The molecule has 6 heteroatoms. The lowest BCUT2D eigenvalue weighted by Crippen LogP contribution is -2.31. The number of carbonyl (C=O) groups is 1. The lowest BCUT2D eigenvalue weighted by Gasteiger charge is -2.26. The second-order valence-electron chi connectivity index (χ2n) is 4.50. The molecule has 1 heterocycles. The van der Waals surface area contributed by atoms with Crippen LogP contribution in [0.4, 0.5) is 0 Å². The van der Waals surface area contributed by atoms with Crippen molar-refractivity contribution < 1.29 is 23.1 Å². The first-order valence-corrected chi connectivity index (χ1v) is 8.46. The van der Waals surface area contributed by atoms with E-state index in [9.17, 15) is 9.36 Å². The monoisotopic (exact) mass is 298 g/mol. The van der Waals surface area contributed by atoms with E-state index >= 15 is 0 Å². The molecule has 0 saturated carbocycles. The molecule has 0 spiro atoms. The molecule has 110 valence electrons. The van der Waals surface area contributed by atoms with Crippen LogP contribution in [0.25, 0.3) is 0 Å². The molecule has 20 heavy (non-hydrogen) atoms. The topological polar surface area (TPSA) is 61.8 Å². The van der Waals surface area contributed by atoms with Gasteiger partial charge in [0.1, 0.15) is 5.75 Å². The number of para-hydroxylation sites is 1. The minimum Gasteiger partial charge on any atom is -0.492 e. The summed E-state index contributed by atoms with van der Waals surface area (Å²) in [6.45, 7) is 4.28. The number of carbonyl (C=O) groups excluding carboxylic acids is 1. The van der Waals surface area contributed by atoms with Crippen molar-refractivity contribution in [2.45, 2.75) is 13.8 Å². The van der Waals surface area contributed by atoms with E-state index in [0.29, 0.717) is 11.3 Å². The van der Waals surface area contributed by atoms with Crippen LogP contribution in [0.15, 0.2) is 24.3 Å². The minimum absolute atomic E-state index is 0.0574. The second-order valence-corrected chi connectivity index (χ2v) is 6.60. The van der Waals surface area contributed by atoms with Crippen molar-refractivity contribution in [1.82, 2.24) is 0 Å². The second kappa shape index (κ2) is 6.53. The van der Waals surface area contributed by atoms with Gasteiger partial charge >= 0.3 is 7.60 Å². The van der Waals surface area contributed by atoms with Crippen molar-refractivity contribution in [3.63, 3.8) is 0 Å². The maximum Gasteiger partial charge on any atom is 0.331 e. The number of hydrogen-bond donors (Lipinski definition) is 0. The molecule has 0 amide bonds. The molecule has 1 aromatic rings. The summed E-state index contributed by atoms with van der Waals surface area (Å²) in [5.74, 6) is 0.0247. The highest BCUT2D eigenvalue weighted by Gasteiger charge is 2.36. The number of ether oxygens (including phenoxy) is 1. The van der Waals surface area contributed by atoms with Crippen LogP contribution in [0, 0.1) is 5.92 Å². The number of Topliss-reactive ketones (excluding diaryl/α,β-unsaturated/α-hetero) is 1. The van der Waals surface area contributed by atoms with Gasteiger partial charge in [0.25, 0.3) is 0 Å². The van der Waals surface area contributed by atoms with Crippen LogP contribution in [-0.4, -0.2) is 31.8 Å². The van der Waals surface area contributed by atoms with Crippen LogP contribution in [0.1, 0.15) is 24.2 Å². The van der Waals surface area contributed by atoms with E-state index < -0.39 is 13.5 Å². The summed E-state index contributed by atoms with van der Waals surface area (Å²) in [5.41, 5.74) is 0.531. The molecule has 1 aromatic carbocycles. The number of benzene rings is 1. The Bertz CT molecular complexity index is 518. The zero-order valence-corrected chi connectivity index (χ0v) is 12.6. The maximum absolute atomic E-state index is 12.5. The fourth-order valence-electron chi connectivity index (χ4n) is 2.22. The first-order chi connectivity index (χ1) is 9.59. The molecule has 1 aliphatic rings. The van der Waals surface area contributed by atoms with Crippen LogP contribution < -0.4 is 4.74 Å². The van der Waals surface area contributed by atoms with Crippen molar-refractivity contribution >= 4 is 13.4 Å². The van der Waals surface area contributed by atoms with Crippen LogP contribution in [0.3, 0.4) is 0 Å². The van der Waals surface area contributed by atoms with Gasteiger partial charge in [-0.2, -0.15) is 0 Å². The van der Waals surface area contributed by atoms with Gasteiger partial charge in [0.05, 0.1) is 37.5 Å². The molecule has 0 aromatic heterocycles. The molecule has 1 atom stereocenters. The van der Waals surface area contributed by atoms with Gasteiger partial charge in [0.2, 0.25) is 0 Å². The summed E-state index contributed by atoms with van der Waals surface area (Å²) in [7, 11) is -3.24. The van der Waals surface area contributed by atoms with E-state index in [1.165, 1.54) is 0 Å². The zero-order chi connectivity index (χ0) is 14.6. The molecule has 0 aliphatic carbocycles. The smallest absolute Gasteiger partial charge is 0.331 e. The third-order valence-corrected chi connectivity index (χ3v) is 5.25. The van der Waals surface area contributed by atoms with Crippen molar-refractivity contribution in [2.75, 3.05) is 26.0 Å². The average Bonchev–Trinajstić information content (AvgIpc) is 2.43. The summed E-state index contributed by atoms with van der Waals surface area (Å²) in [5, 5.41) is 0. The normalized spacial score (nSPS) is 18.5. The summed E-state index contributed by atoms with van der Waals surface area (Å²) >= 11 is 0. The van der Waals surface area contributed by atoms with E-state index in [-0.39, 0.29) is 31.8 Å². The Balaban J connectivity index is 2.15. The number of ketones is 1. The Morgan fingerprint density at radius 2 is 1.90 bits per heavy atom. The summed E-state index contributed by atoms with van der Waals surface area (Å²) in [4.78, 5) is 12.4. The van der Waals surface area contributed by atoms with Crippen LogP contribution in [0.2, 0.25) is 0 Å². The minimum atomic E-state index is -3.24. The third kappa shape index (κ3) is 3.29. The summed E-state index contributed by atoms with van der Waals surface area (Å²) in [6.07, 6.45) is 0.0574. The van der Waals surface area contributed by atoms with E-state index in [1.54, 1.807) is 32.0 Å². The highest BCUT2D eigenvalue weighted by Crippen LogP contribution is 2.50. The van der Waals surface area contributed by atoms with Crippen molar-refractivity contribution in [2.24, 2.45) is 5.92 Å². The molecule has 1 unspecified atom stereocenters. The first kappa shape index (κ1) is 15.2. The summed E-state index contributed by atoms with van der Waals surface area (Å²) in [6, 6.07) is 7.08. The van der Waals surface area contributed by atoms with Gasteiger partial charge in [-0.3, -0.25) is 9.36 Å². The quantitative estimate of drug-likeness (QED) is 0.755. The van der Waals surface area contributed by atoms with Crippen LogP contribution >= 0.6 is 7.60 Å². The fraction of sp³-hybridized carbons (Fsp3) is 0.500. The predicted molar refractivity (Wildman–Crippen MR) is 75.5 cm³/mol. The van der Waals surface area contributed by atoms with Crippen molar-refractivity contribution in [1.29, 1.82) is 0 Å². The molecule has 0 radical (unpaired) electrons. The van der Waals surface area contributed by atoms with Gasteiger partial charge in [0.15, 0.2) is 5.78 Å². The van der Waals surface area contributed by atoms with Gasteiger partial charge in [-0.1, -0.05) is 12.1 Å². The van der Waals surface area contributed by atoms with Gasteiger partial charge in [-0.25, -0.2) is 0 Å². The first-order valence-electron chi connectivity index (χ1n) is 6.73. The Labute approximate surface area is 118 Å². The largest absolute Gasteiger partial charge is 0.492 e. The van der Waals surface area contributed by atoms with E-state index in [2.05, 4.69) is 0 Å². The van der Waals surface area contributed by atoms with E-state index in [1.807, 2.05) is 6.07 Å². The average molecular weight is 298 g/mol. The Morgan fingerprint density at radius 1 is 1.25 bits per heavy atom. The van der Waals surface area contributed by atoms with Gasteiger partial charge in [-0.05, 0) is 26.0 Å². The molecule has 5 nitrogen and oxygen atoms in total. The summed E-state index contributed by atoms with van der Waals surface area (Å²) < 4.78 is 28.5. The van der Waals surface area contributed by atoms with Crippen molar-refractivity contribution in [3.05, 3.63) is 29.8 Å². The Kier molecular flexibility index (Phi) is 4.97.